The summed E-state index contributed by atoms with van der Waals surface area (Å²) >= 11 is 0. The lowest BCUT2D eigenvalue weighted by molar-refractivity contribution is 0.126. The molecule has 1 aliphatic carbocycles. The quantitative estimate of drug-likeness (QED) is 0.778. The van der Waals surface area contributed by atoms with Crippen LogP contribution in [0.4, 0.5) is 0 Å². The highest BCUT2D eigenvalue weighted by molar-refractivity contribution is 5.22. The Balaban J connectivity index is 1.89. The average Bonchev–Trinajstić information content (AvgIpc) is 2.47. The number of nitrogens with zero attached hydrogens (tertiary/aromatic N) is 1. The zero-order valence-electron chi connectivity index (χ0n) is 14.6. The van der Waals surface area contributed by atoms with Gasteiger partial charge in [-0.1, -0.05) is 55.3 Å². The minimum Gasteiger partial charge on any atom is -0.387 e. The largest absolute Gasteiger partial charge is 0.387 e. The second-order valence-electron chi connectivity index (χ2n) is 7.44. The number of rotatable bonds is 6. The van der Waals surface area contributed by atoms with Crippen molar-refractivity contribution >= 4 is 0 Å². The van der Waals surface area contributed by atoms with E-state index in [4.69, 9.17) is 0 Å². The molecule has 1 N–H and O–H groups in total. The van der Waals surface area contributed by atoms with E-state index in [1.54, 1.807) is 11.1 Å². The van der Waals surface area contributed by atoms with E-state index in [1.165, 1.54) is 19.3 Å². The van der Waals surface area contributed by atoms with Gasteiger partial charge < -0.3 is 10.0 Å². The van der Waals surface area contributed by atoms with Crippen LogP contribution in [0.5, 0.6) is 0 Å². The normalized spacial score (nSPS) is 19.5. The molecule has 0 radical (unpaired) electrons. The Morgan fingerprint density at radius 2 is 1.91 bits per heavy atom. The van der Waals surface area contributed by atoms with Crippen molar-refractivity contribution in [3.8, 4) is 0 Å². The lowest BCUT2D eigenvalue weighted by atomic mass is 9.71. The van der Waals surface area contributed by atoms with Gasteiger partial charge in [-0.2, -0.15) is 0 Å². The molecule has 122 valence electrons. The molecule has 0 aliphatic heterocycles. The Labute approximate surface area is 135 Å². The van der Waals surface area contributed by atoms with Crippen LogP contribution in [0, 0.1) is 5.41 Å². The molecule has 0 heterocycles. The molecule has 2 rings (SSSR count). The number of aliphatic hydroxyl groups excluding tert-OH is 1. The Bertz CT molecular complexity index is 504. The van der Waals surface area contributed by atoms with Crippen molar-refractivity contribution in [2.24, 2.45) is 5.41 Å². The van der Waals surface area contributed by atoms with E-state index in [2.05, 4.69) is 32.7 Å². The lowest BCUT2D eigenvalue weighted by Crippen LogP contribution is -2.28. The zero-order chi connectivity index (χ0) is 16.2. The van der Waals surface area contributed by atoms with Gasteiger partial charge >= 0.3 is 0 Å². The molecular formula is C20H31NO. The molecule has 1 aromatic rings. The van der Waals surface area contributed by atoms with Gasteiger partial charge in [0, 0.05) is 13.1 Å². The molecule has 2 nitrogen and oxygen atoms in total. The van der Waals surface area contributed by atoms with Gasteiger partial charge in [-0.25, -0.2) is 0 Å². The Hall–Kier alpha value is -1.12. The van der Waals surface area contributed by atoms with Gasteiger partial charge in [0.1, 0.15) is 0 Å². The van der Waals surface area contributed by atoms with E-state index in [0.29, 0.717) is 12.0 Å². The number of hydrogen-bond acceptors (Lipinski definition) is 2. The molecule has 0 spiro atoms. The van der Waals surface area contributed by atoms with E-state index in [9.17, 15) is 5.11 Å². The van der Waals surface area contributed by atoms with Crippen LogP contribution >= 0.6 is 0 Å². The fourth-order valence-corrected chi connectivity index (χ4v) is 3.70. The summed E-state index contributed by atoms with van der Waals surface area (Å²) in [5.74, 6) is 0. The van der Waals surface area contributed by atoms with Crippen LogP contribution in [0.15, 0.2) is 41.5 Å². The number of likely N-dealkylation sites (N-methyl/N-ethyl adjacent to an activating group) is 1. The summed E-state index contributed by atoms with van der Waals surface area (Å²) in [6.45, 7) is 8.76. The monoisotopic (exact) mass is 301 g/mol. The van der Waals surface area contributed by atoms with E-state index in [-0.39, 0.29) is 0 Å². The highest BCUT2D eigenvalue weighted by Gasteiger charge is 2.28. The smallest absolute Gasteiger partial charge is 0.0916 e. The molecule has 0 saturated heterocycles. The van der Waals surface area contributed by atoms with Crippen molar-refractivity contribution in [1.82, 2.24) is 4.90 Å². The van der Waals surface area contributed by atoms with Crippen LogP contribution in [0.1, 0.15) is 58.1 Å². The SMILES string of the molecule is CC1=C(CCN(C)C[C@H](O)c2ccccc2)C(C)(C)CCC1. The first-order chi connectivity index (χ1) is 10.4. The summed E-state index contributed by atoms with van der Waals surface area (Å²) in [6.07, 6.45) is 4.60. The Kier molecular flexibility index (Phi) is 5.82. The lowest BCUT2D eigenvalue weighted by Gasteiger charge is -2.35. The molecule has 0 unspecified atom stereocenters. The fourth-order valence-electron chi connectivity index (χ4n) is 3.70. The van der Waals surface area contributed by atoms with E-state index >= 15 is 0 Å². The van der Waals surface area contributed by atoms with E-state index in [0.717, 1.165) is 18.5 Å². The third-order valence-corrected chi connectivity index (χ3v) is 5.10. The molecule has 0 aromatic heterocycles. The maximum Gasteiger partial charge on any atom is 0.0916 e. The standard InChI is InChI=1S/C20H31NO/c1-16-9-8-13-20(2,3)18(16)12-14-21(4)15-19(22)17-10-6-5-7-11-17/h5-7,10-11,19,22H,8-9,12-15H2,1-4H3/t19-/m0/s1. The van der Waals surface area contributed by atoms with Gasteiger partial charge in [0.2, 0.25) is 0 Å². The van der Waals surface area contributed by atoms with E-state index < -0.39 is 6.10 Å². The first kappa shape index (κ1) is 17.2. The van der Waals surface area contributed by atoms with Gasteiger partial charge in [-0.15, -0.1) is 0 Å². The Morgan fingerprint density at radius 3 is 2.55 bits per heavy atom. The van der Waals surface area contributed by atoms with Crippen molar-refractivity contribution < 1.29 is 5.11 Å². The maximum absolute atomic E-state index is 10.3. The zero-order valence-corrected chi connectivity index (χ0v) is 14.6. The number of hydrogen-bond donors (Lipinski definition) is 1. The molecule has 0 saturated carbocycles. The summed E-state index contributed by atoms with van der Waals surface area (Å²) in [4.78, 5) is 2.25. The highest BCUT2D eigenvalue weighted by Crippen LogP contribution is 2.41. The molecule has 22 heavy (non-hydrogen) atoms. The highest BCUT2D eigenvalue weighted by atomic mass is 16.3. The molecule has 1 aliphatic rings. The number of allylic oxidation sites excluding steroid dienone is 1. The molecule has 0 amide bonds. The van der Waals surface area contributed by atoms with Crippen molar-refractivity contribution in [3.63, 3.8) is 0 Å². The number of benzene rings is 1. The maximum atomic E-state index is 10.3. The second-order valence-corrected chi connectivity index (χ2v) is 7.44. The van der Waals surface area contributed by atoms with Crippen molar-refractivity contribution in [3.05, 3.63) is 47.0 Å². The van der Waals surface area contributed by atoms with Crippen LogP contribution in [0.25, 0.3) is 0 Å². The fraction of sp³-hybridized carbons (Fsp3) is 0.600. The predicted octanol–water partition coefficient (Wildman–Crippen LogP) is 4.57. The van der Waals surface area contributed by atoms with Crippen molar-refractivity contribution in [2.75, 3.05) is 20.1 Å². The minimum absolute atomic E-state index is 0.348. The topological polar surface area (TPSA) is 23.5 Å². The van der Waals surface area contributed by atoms with Crippen LogP contribution < -0.4 is 0 Å². The molecule has 0 bridgehead atoms. The predicted molar refractivity (Wildman–Crippen MR) is 93.8 cm³/mol. The summed E-state index contributed by atoms with van der Waals surface area (Å²) in [5.41, 5.74) is 4.58. The van der Waals surface area contributed by atoms with Gasteiger partial charge in [0.15, 0.2) is 0 Å². The first-order valence-corrected chi connectivity index (χ1v) is 8.51. The molecule has 1 aromatic carbocycles. The van der Waals surface area contributed by atoms with Gasteiger partial charge in [0.25, 0.3) is 0 Å². The summed E-state index contributed by atoms with van der Waals surface area (Å²) in [6, 6.07) is 9.94. The van der Waals surface area contributed by atoms with Gasteiger partial charge in [0.05, 0.1) is 6.10 Å². The first-order valence-electron chi connectivity index (χ1n) is 8.51. The van der Waals surface area contributed by atoms with E-state index in [1.807, 2.05) is 30.3 Å². The summed E-state index contributed by atoms with van der Waals surface area (Å²) in [7, 11) is 2.11. The van der Waals surface area contributed by atoms with Crippen LogP contribution in [-0.4, -0.2) is 30.1 Å². The molecule has 2 heteroatoms. The summed E-state index contributed by atoms with van der Waals surface area (Å²) < 4.78 is 0. The summed E-state index contributed by atoms with van der Waals surface area (Å²) in [5, 5.41) is 10.3. The van der Waals surface area contributed by atoms with Crippen molar-refractivity contribution in [1.29, 1.82) is 0 Å². The third-order valence-electron chi connectivity index (χ3n) is 5.10. The second kappa shape index (κ2) is 7.43. The van der Waals surface area contributed by atoms with Gasteiger partial charge in [-0.05, 0) is 50.6 Å². The Morgan fingerprint density at radius 1 is 1.23 bits per heavy atom. The van der Waals surface area contributed by atoms with Crippen LogP contribution in [0.3, 0.4) is 0 Å². The third kappa shape index (κ3) is 4.44. The molecular weight excluding hydrogens is 270 g/mol. The van der Waals surface area contributed by atoms with Crippen molar-refractivity contribution in [2.45, 2.75) is 52.6 Å². The molecule has 1 atom stereocenters. The number of aliphatic hydroxyl groups is 1. The minimum atomic E-state index is -0.402. The van der Waals surface area contributed by atoms with Crippen LogP contribution in [0.2, 0.25) is 0 Å². The molecule has 0 fully saturated rings. The average molecular weight is 301 g/mol. The van der Waals surface area contributed by atoms with Crippen LogP contribution in [-0.2, 0) is 0 Å². The van der Waals surface area contributed by atoms with Gasteiger partial charge in [-0.3, -0.25) is 0 Å².